The van der Waals surface area contributed by atoms with Gasteiger partial charge in [-0.05, 0) is 26.0 Å². The van der Waals surface area contributed by atoms with Gasteiger partial charge in [0.2, 0.25) is 5.91 Å². The number of thioether (sulfide) groups is 1. The topological polar surface area (TPSA) is 58.6 Å². The van der Waals surface area contributed by atoms with Gasteiger partial charge in [-0.25, -0.2) is 0 Å². The SMILES string of the molecule is CCN1C(=O)C(C)(C(=O)NCCOC)Sc2ccccc21. The van der Waals surface area contributed by atoms with E-state index in [-0.39, 0.29) is 11.8 Å². The van der Waals surface area contributed by atoms with Crippen LogP contribution in [-0.2, 0) is 14.3 Å². The molecule has 0 saturated carbocycles. The second-order valence-electron chi connectivity index (χ2n) is 4.90. The van der Waals surface area contributed by atoms with Gasteiger partial charge in [-0.2, -0.15) is 0 Å². The largest absolute Gasteiger partial charge is 0.383 e. The summed E-state index contributed by atoms with van der Waals surface area (Å²) in [4.78, 5) is 27.8. The molecule has 0 fully saturated rings. The van der Waals surface area contributed by atoms with Gasteiger partial charge in [-0.3, -0.25) is 9.59 Å². The molecule has 2 amide bonds. The Balaban J connectivity index is 2.29. The minimum Gasteiger partial charge on any atom is -0.383 e. The van der Waals surface area contributed by atoms with Gasteiger partial charge in [0.1, 0.15) is 0 Å². The lowest BCUT2D eigenvalue weighted by Crippen LogP contribution is -2.56. The molecule has 1 aliphatic heterocycles. The van der Waals surface area contributed by atoms with Gasteiger partial charge >= 0.3 is 0 Å². The van der Waals surface area contributed by atoms with Crippen LogP contribution in [0.4, 0.5) is 5.69 Å². The van der Waals surface area contributed by atoms with Crippen molar-refractivity contribution in [2.45, 2.75) is 23.5 Å². The van der Waals surface area contributed by atoms with E-state index in [1.807, 2.05) is 31.2 Å². The monoisotopic (exact) mass is 308 g/mol. The fourth-order valence-corrected chi connectivity index (χ4v) is 3.52. The molecule has 1 aliphatic rings. The van der Waals surface area contributed by atoms with Crippen LogP contribution in [0.2, 0.25) is 0 Å². The molecule has 5 nitrogen and oxygen atoms in total. The molecule has 1 atom stereocenters. The molecule has 0 aliphatic carbocycles. The average Bonchev–Trinajstić information content (AvgIpc) is 2.48. The number of anilines is 1. The lowest BCUT2D eigenvalue weighted by Gasteiger charge is -2.38. The lowest BCUT2D eigenvalue weighted by atomic mass is 10.1. The van der Waals surface area contributed by atoms with E-state index < -0.39 is 4.75 Å². The van der Waals surface area contributed by atoms with Crippen LogP contribution >= 0.6 is 11.8 Å². The predicted octanol–water partition coefficient (Wildman–Crippen LogP) is 1.67. The summed E-state index contributed by atoms with van der Waals surface area (Å²) in [6, 6.07) is 7.66. The van der Waals surface area contributed by atoms with Crippen molar-refractivity contribution in [2.75, 3.05) is 31.7 Å². The van der Waals surface area contributed by atoms with Crippen molar-refractivity contribution < 1.29 is 14.3 Å². The van der Waals surface area contributed by atoms with Crippen molar-refractivity contribution in [3.05, 3.63) is 24.3 Å². The van der Waals surface area contributed by atoms with Gasteiger partial charge in [-0.1, -0.05) is 23.9 Å². The molecule has 1 aromatic rings. The first-order valence-corrected chi connectivity index (χ1v) is 7.73. The molecule has 1 unspecified atom stereocenters. The molecular weight excluding hydrogens is 288 g/mol. The maximum absolute atomic E-state index is 12.7. The van der Waals surface area contributed by atoms with Crippen LogP contribution in [0.5, 0.6) is 0 Å². The van der Waals surface area contributed by atoms with E-state index in [4.69, 9.17) is 4.74 Å². The van der Waals surface area contributed by atoms with Gasteiger partial charge in [0, 0.05) is 25.1 Å². The highest BCUT2D eigenvalue weighted by molar-refractivity contribution is 8.02. The van der Waals surface area contributed by atoms with Crippen LogP contribution < -0.4 is 10.2 Å². The van der Waals surface area contributed by atoms with E-state index in [9.17, 15) is 9.59 Å². The molecule has 114 valence electrons. The number of ether oxygens (including phenoxy) is 1. The maximum Gasteiger partial charge on any atom is 0.252 e. The fourth-order valence-electron chi connectivity index (χ4n) is 2.29. The summed E-state index contributed by atoms with van der Waals surface area (Å²) in [6.45, 7) is 4.95. The fraction of sp³-hybridized carbons (Fsp3) is 0.467. The van der Waals surface area contributed by atoms with E-state index in [1.54, 1.807) is 18.9 Å². The Bertz CT molecular complexity index is 549. The number of nitrogens with zero attached hydrogens (tertiary/aromatic N) is 1. The lowest BCUT2D eigenvalue weighted by molar-refractivity contribution is -0.131. The Hall–Kier alpha value is -1.53. The van der Waals surface area contributed by atoms with Crippen LogP contribution in [0.3, 0.4) is 0 Å². The smallest absolute Gasteiger partial charge is 0.252 e. The van der Waals surface area contributed by atoms with Crippen molar-refractivity contribution in [2.24, 2.45) is 0 Å². The predicted molar refractivity (Wildman–Crippen MR) is 83.6 cm³/mol. The van der Waals surface area contributed by atoms with E-state index in [0.29, 0.717) is 19.7 Å². The highest BCUT2D eigenvalue weighted by Gasteiger charge is 2.48. The maximum atomic E-state index is 12.7. The second kappa shape index (κ2) is 6.49. The summed E-state index contributed by atoms with van der Waals surface area (Å²) in [5.74, 6) is -0.453. The number of rotatable bonds is 5. The van der Waals surface area contributed by atoms with Crippen molar-refractivity contribution >= 4 is 29.3 Å². The second-order valence-corrected chi connectivity index (χ2v) is 6.36. The van der Waals surface area contributed by atoms with E-state index in [0.717, 1.165) is 10.6 Å². The molecule has 1 aromatic carbocycles. The molecule has 0 bridgehead atoms. The number of fused-ring (bicyclic) bond motifs is 1. The first kappa shape index (κ1) is 15.9. The van der Waals surface area contributed by atoms with E-state index in [1.165, 1.54) is 11.8 Å². The van der Waals surface area contributed by atoms with Crippen LogP contribution in [0, 0.1) is 0 Å². The number of carbonyl (C=O) groups excluding carboxylic acids is 2. The molecule has 0 aromatic heterocycles. The van der Waals surface area contributed by atoms with Gasteiger partial charge in [0.05, 0.1) is 12.3 Å². The standard InChI is InChI=1S/C15H20N2O3S/c1-4-17-11-7-5-6-8-12(11)21-15(2,14(17)19)13(18)16-9-10-20-3/h5-8H,4,9-10H2,1-3H3,(H,16,18). The van der Waals surface area contributed by atoms with Gasteiger partial charge in [0.15, 0.2) is 4.75 Å². The number of amides is 2. The number of methoxy groups -OCH3 is 1. The minimum absolute atomic E-state index is 0.177. The first-order chi connectivity index (χ1) is 10.0. The van der Waals surface area contributed by atoms with E-state index in [2.05, 4.69) is 5.32 Å². The number of nitrogens with one attached hydrogen (secondary N) is 1. The molecule has 6 heteroatoms. The minimum atomic E-state index is -1.14. The summed E-state index contributed by atoms with van der Waals surface area (Å²) in [5.41, 5.74) is 0.872. The Morgan fingerprint density at radius 3 is 2.81 bits per heavy atom. The Kier molecular flexibility index (Phi) is 4.90. The molecule has 2 rings (SSSR count). The van der Waals surface area contributed by atoms with Crippen LogP contribution in [-0.4, -0.2) is 43.4 Å². The van der Waals surface area contributed by atoms with Gasteiger partial charge in [0.25, 0.3) is 5.91 Å². The molecule has 0 radical (unpaired) electrons. The summed E-state index contributed by atoms with van der Waals surface area (Å²) in [5, 5.41) is 2.77. The van der Waals surface area contributed by atoms with Crippen molar-refractivity contribution in [1.29, 1.82) is 0 Å². The summed E-state index contributed by atoms with van der Waals surface area (Å²) in [7, 11) is 1.57. The number of hydrogen-bond donors (Lipinski definition) is 1. The molecular formula is C15H20N2O3S. The van der Waals surface area contributed by atoms with Crippen LogP contribution in [0.15, 0.2) is 29.2 Å². The van der Waals surface area contributed by atoms with Crippen molar-refractivity contribution in [1.82, 2.24) is 5.32 Å². The summed E-state index contributed by atoms with van der Waals surface area (Å²) >= 11 is 1.31. The van der Waals surface area contributed by atoms with Crippen molar-refractivity contribution in [3.63, 3.8) is 0 Å². The molecule has 0 saturated heterocycles. The first-order valence-electron chi connectivity index (χ1n) is 6.91. The molecule has 21 heavy (non-hydrogen) atoms. The molecule has 1 heterocycles. The van der Waals surface area contributed by atoms with Crippen molar-refractivity contribution in [3.8, 4) is 0 Å². The molecule has 0 spiro atoms. The van der Waals surface area contributed by atoms with Crippen LogP contribution in [0.1, 0.15) is 13.8 Å². The Morgan fingerprint density at radius 2 is 2.14 bits per heavy atom. The third-order valence-corrected chi connectivity index (χ3v) is 4.80. The number of benzene rings is 1. The zero-order valence-corrected chi connectivity index (χ0v) is 13.3. The van der Waals surface area contributed by atoms with E-state index >= 15 is 0 Å². The number of carbonyl (C=O) groups is 2. The van der Waals surface area contributed by atoms with Gasteiger partial charge < -0.3 is 15.0 Å². The average molecular weight is 308 g/mol. The third kappa shape index (κ3) is 2.91. The summed E-state index contributed by atoms with van der Waals surface area (Å²) < 4.78 is 3.78. The highest BCUT2D eigenvalue weighted by atomic mass is 32.2. The third-order valence-electron chi connectivity index (χ3n) is 3.46. The Morgan fingerprint density at radius 1 is 1.43 bits per heavy atom. The normalized spacial score (nSPS) is 21.1. The number of para-hydroxylation sites is 1. The highest BCUT2D eigenvalue weighted by Crippen LogP contribution is 2.45. The molecule has 1 N–H and O–H groups in total. The zero-order valence-electron chi connectivity index (χ0n) is 12.5. The van der Waals surface area contributed by atoms with Gasteiger partial charge in [-0.15, -0.1) is 0 Å². The van der Waals surface area contributed by atoms with Crippen LogP contribution in [0.25, 0.3) is 0 Å². The Labute approximate surface area is 129 Å². The number of hydrogen-bond acceptors (Lipinski definition) is 4. The quantitative estimate of drug-likeness (QED) is 0.664. The zero-order chi connectivity index (χ0) is 15.5. The summed E-state index contributed by atoms with van der Waals surface area (Å²) in [6.07, 6.45) is 0.